The van der Waals surface area contributed by atoms with Crippen molar-refractivity contribution in [2.75, 3.05) is 6.61 Å². The van der Waals surface area contributed by atoms with Gasteiger partial charge in [0.05, 0.1) is 11.8 Å². The second kappa shape index (κ2) is 11.5. The molecule has 1 N–H and O–H groups in total. The summed E-state index contributed by atoms with van der Waals surface area (Å²) in [5.41, 5.74) is 1.93. The van der Waals surface area contributed by atoms with Crippen LogP contribution in [-0.4, -0.2) is 22.8 Å². The Hall–Kier alpha value is -2.20. The Labute approximate surface area is 161 Å². The third-order valence-corrected chi connectivity index (χ3v) is 4.46. The summed E-state index contributed by atoms with van der Waals surface area (Å²) in [6, 6.07) is 7.81. The highest BCUT2D eigenvalue weighted by Crippen LogP contribution is 2.24. The molecule has 2 rings (SSSR count). The normalized spacial score (nSPS) is 12.6. The molecule has 0 fully saturated rings. The zero-order valence-electron chi connectivity index (χ0n) is 16.3. The van der Waals surface area contributed by atoms with Gasteiger partial charge in [-0.3, -0.25) is 4.98 Å². The van der Waals surface area contributed by atoms with Crippen molar-refractivity contribution in [1.29, 1.82) is 0 Å². The maximum atomic E-state index is 13.9. The number of pyridine rings is 1. The van der Waals surface area contributed by atoms with E-state index < -0.39 is 5.82 Å². The van der Waals surface area contributed by atoms with Crippen molar-refractivity contribution in [1.82, 2.24) is 4.98 Å². The lowest BCUT2D eigenvalue weighted by Crippen LogP contribution is -2.08. The molecule has 1 unspecified atom stereocenters. The number of aromatic hydroxyl groups is 1. The number of benzene rings is 1. The molecular formula is C23H30FNO2. The van der Waals surface area contributed by atoms with E-state index in [-0.39, 0.29) is 5.75 Å². The number of allylic oxidation sites excluding steroid dienone is 1. The molecule has 0 spiro atoms. The van der Waals surface area contributed by atoms with Crippen molar-refractivity contribution < 1.29 is 14.2 Å². The smallest absolute Gasteiger partial charge is 0.136 e. The standard InChI is InChI=1S/C23H30FNO2/c1-3-4-8-15-27-18(2)9-6-5-7-10-19-11-14-23(25-17-19)21-13-12-20(26)16-22(21)24/h7,10-14,16-18,26H,3-6,8-9,15H2,1-2H3/b10-7+. The van der Waals surface area contributed by atoms with Gasteiger partial charge >= 0.3 is 0 Å². The monoisotopic (exact) mass is 371 g/mol. The van der Waals surface area contributed by atoms with Crippen LogP contribution >= 0.6 is 0 Å². The molecule has 2 aromatic rings. The number of ether oxygens (including phenoxy) is 1. The Morgan fingerprint density at radius 1 is 1.19 bits per heavy atom. The van der Waals surface area contributed by atoms with Gasteiger partial charge in [0.25, 0.3) is 0 Å². The van der Waals surface area contributed by atoms with Crippen LogP contribution in [0.15, 0.2) is 42.6 Å². The summed E-state index contributed by atoms with van der Waals surface area (Å²) in [5.74, 6) is -0.562. The molecule has 0 saturated heterocycles. The van der Waals surface area contributed by atoms with Crippen LogP contribution in [0.5, 0.6) is 5.75 Å². The van der Waals surface area contributed by atoms with Crippen molar-refractivity contribution >= 4 is 6.08 Å². The number of nitrogens with zero attached hydrogens (tertiary/aromatic N) is 1. The van der Waals surface area contributed by atoms with E-state index in [0.717, 1.165) is 43.9 Å². The number of halogens is 1. The Morgan fingerprint density at radius 2 is 2.04 bits per heavy atom. The van der Waals surface area contributed by atoms with Gasteiger partial charge in [0.2, 0.25) is 0 Å². The number of hydrogen-bond donors (Lipinski definition) is 1. The van der Waals surface area contributed by atoms with E-state index in [0.29, 0.717) is 17.4 Å². The van der Waals surface area contributed by atoms with Crippen molar-refractivity contribution in [3.63, 3.8) is 0 Å². The molecule has 3 nitrogen and oxygen atoms in total. The minimum absolute atomic E-state index is 0.0866. The zero-order chi connectivity index (χ0) is 19.5. The van der Waals surface area contributed by atoms with Gasteiger partial charge in [0, 0.05) is 24.4 Å². The van der Waals surface area contributed by atoms with Crippen LogP contribution in [-0.2, 0) is 4.74 Å². The summed E-state index contributed by atoms with van der Waals surface area (Å²) in [6.07, 6.45) is 13.0. The summed E-state index contributed by atoms with van der Waals surface area (Å²) in [7, 11) is 0. The minimum atomic E-state index is -0.475. The number of phenolic OH excluding ortho intramolecular Hbond substituents is 1. The summed E-state index contributed by atoms with van der Waals surface area (Å²) in [5, 5.41) is 9.29. The van der Waals surface area contributed by atoms with Crippen molar-refractivity contribution in [3.05, 3.63) is 54.0 Å². The van der Waals surface area contributed by atoms with Crippen LogP contribution in [0, 0.1) is 5.82 Å². The van der Waals surface area contributed by atoms with Crippen molar-refractivity contribution in [2.24, 2.45) is 0 Å². The van der Waals surface area contributed by atoms with E-state index >= 15 is 0 Å². The van der Waals surface area contributed by atoms with Gasteiger partial charge in [-0.25, -0.2) is 4.39 Å². The van der Waals surface area contributed by atoms with Crippen LogP contribution < -0.4 is 0 Å². The van der Waals surface area contributed by atoms with Gasteiger partial charge in [-0.05, 0) is 56.4 Å². The lowest BCUT2D eigenvalue weighted by atomic mass is 10.1. The lowest BCUT2D eigenvalue weighted by molar-refractivity contribution is 0.0566. The molecular weight excluding hydrogens is 341 g/mol. The van der Waals surface area contributed by atoms with Crippen LogP contribution in [0.25, 0.3) is 17.3 Å². The van der Waals surface area contributed by atoms with E-state index in [1.807, 2.05) is 12.1 Å². The molecule has 0 amide bonds. The quantitative estimate of drug-likeness (QED) is 0.467. The topological polar surface area (TPSA) is 42.4 Å². The summed E-state index contributed by atoms with van der Waals surface area (Å²) in [4.78, 5) is 4.32. The maximum absolute atomic E-state index is 13.9. The van der Waals surface area contributed by atoms with Crippen LogP contribution in [0.2, 0.25) is 0 Å². The summed E-state index contributed by atoms with van der Waals surface area (Å²) >= 11 is 0. The van der Waals surface area contributed by atoms with Crippen molar-refractivity contribution in [2.45, 2.75) is 58.5 Å². The van der Waals surface area contributed by atoms with Gasteiger partial charge in [-0.15, -0.1) is 0 Å². The predicted octanol–water partition coefficient (Wildman–Crippen LogP) is 6.37. The highest BCUT2D eigenvalue weighted by atomic mass is 19.1. The predicted molar refractivity (Wildman–Crippen MR) is 109 cm³/mol. The van der Waals surface area contributed by atoms with E-state index in [9.17, 15) is 9.50 Å². The molecule has 146 valence electrons. The Bertz CT molecular complexity index is 713. The number of aromatic nitrogens is 1. The SMILES string of the molecule is CCCCCOC(C)CCC/C=C/c1ccc(-c2ccc(O)cc2F)nc1. The highest BCUT2D eigenvalue weighted by Gasteiger charge is 2.07. The highest BCUT2D eigenvalue weighted by molar-refractivity contribution is 5.62. The van der Waals surface area contributed by atoms with E-state index in [1.54, 1.807) is 12.3 Å². The Morgan fingerprint density at radius 3 is 2.74 bits per heavy atom. The molecule has 0 radical (unpaired) electrons. The Balaban J connectivity index is 1.74. The molecule has 1 heterocycles. The molecule has 1 aromatic carbocycles. The maximum Gasteiger partial charge on any atom is 0.136 e. The molecule has 27 heavy (non-hydrogen) atoms. The fourth-order valence-corrected chi connectivity index (χ4v) is 2.84. The first-order valence-electron chi connectivity index (χ1n) is 9.83. The van der Waals surface area contributed by atoms with Crippen LogP contribution in [0.1, 0.15) is 57.9 Å². The van der Waals surface area contributed by atoms with E-state index in [4.69, 9.17) is 4.74 Å². The number of unbranched alkanes of at least 4 members (excludes halogenated alkanes) is 3. The largest absolute Gasteiger partial charge is 0.508 e. The number of hydrogen-bond acceptors (Lipinski definition) is 3. The van der Waals surface area contributed by atoms with E-state index in [2.05, 4.69) is 24.9 Å². The molecule has 1 aromatic heterocycles. The molecule has 0 saturated carbocycles. The third-order valence-electron chi connectivity index (χ3n) is 4.46. The summed E-state index contributed by atoms with van der Waals surface area (Å²) < 4.78 is 19.7. The summed E-state index contributed by atoms with van der Waals surface area (Å²) in [6.45, 7) is 5.20. The first-order valence-corrected chi connectivity index (χ1v) is 9.83. The van der Waals surface area contributed by atoms with Crippen molar-refractivity contribution in [3.8, 4) is 17.0 Å². The molecule has 0 aliphatic rings. The molecule has 0 bridgehead atoms. The second-order valence-electron chi connectivity index (χ2n) is 6.86. The number of rotatable bonds is 11. The first kappa shape index (κ1) is 21.1. The average Bonchev–Trinajstić information content (AvgIpc) is 2.66. The molecule has 0 aliphatic heterocycles. The second-order valence-corrected chi connectivity index (χ2v) is 6.86. The molecule has 4 heteroatoms. The molecule has 0 aliphatic carbocycles. The number of phenols is 1. The van der Waals surface area contributed by atoms with E-state index in [1.165, 1.54) is 25.0 Å². The lowest BCUT2D eigenvalue weighted by Gasteiger charge is -2.11. The first-order chi connectivity index (χ1) is 13.1. The molecule has 1 atom stereocenters. The third kappa shape index (κ3) is 7.51. The fourth-order valence-electron chi connectivity index (χ4n) is 2.84. The minimum Gasteiger partial charge on any atom is -0.508 e. The van der Waals surface area contributed by atoms with Crippen LogP contribution in [0.4, 0.5) is 4.39 Å². The zero-order valence-corrected chi connectivity index (χ0v) is 16.3. The average molecular weight is 371 g/mol. The Kier molecular flexibility index (Phi) is 8.99. The van der Waals surface area contributed by atoms with Gasteiger partial charge in [0.15, 0.2) is 0 Å². The van der Waals surface area contributed by atoms with Crippen LogP contribution in [0.3, 0.4) is 0 Å². The van der Waals surface area contributed by atoms with Gasteiger partial charge in [-0.2, -0.15) is 0 Å². The fraction of sp³-hybridized carbons (Fsp3) is 0.435. The van der Waals surface area contributed by atoms with Gasteiger partial charge in [0.1, 0.15) is 11.6 Å². The van der Waals surface area contributed by atoms with Gasteiger partial charge < -0.3 is 9.84 Å². The van der Waals surface area contributed by atoms with Gasteiger partial charge in [-0.1, -0.05) is 38.0 Å².